The number of benzene rings is 2. The molecule has 1 N–H and O–H groups in total. The van der Waals surface area contributed by atoms with Crippen LogP contribution < -0.4 is 14.8 Å². The zero-order valence-corrected chi connectivity index (χ0v) is 15.8. The van der Waals surface area contributed by atoms with Crippen LogP contribution in [0.4, 0.5) is 0 Å². The maximum atomic E-state index is 12.5. The Morgan fingerprint density at radius 3 is 2.20 bits per heavy atom. The summed E-state index contributed by atoms with van der Waals surface area (Å²) in [6.45, 7) is 9.98. The summed E-state index contributed by atoms with van der Waals surface area (Å²) in [6, 6.07) is 11.5. The standard InChI is InChI=1S/C21H27NO3/c1-13-11-15(3)18(12-14(13)2)16(4)22-21(23)17(5)25-20-10-8-7-9-19(20)24-6/h7-12,16-17H,1-6H3,(H,22,23)/t16-,17+/m0/s1. The first kappa shape index (κ1) is 18.8. The summed E-state index contributed by atoms with van der Waals surface area (Å²) in [5.74, 6) is 1.01. The van der Waals surface area contributed by atoms with Crippen molar-refractivity contribution < 1.29 is 14.3 Å². The van der Waals surface area contributed by atoms with Gasteiger partial charge in [-0.1, -0.05) is 24.3 Å². The normalized spacial score (nSPS) is 13.0. The summed E-state index contributed by atoms with van der Waals surface area (Å²) in [7, 11) is 1.58. The smallest absolute Gasteiger partial charge is 0.261 e. The van der Waals surface area contributed by atoms with Gasteiger partial charge in [-0.25, -0.2) is 0 Å². The third-order valence-corrected chi connectivity index (χ3v) is 4.45. The van der Waals surface area contributed by atoms with Crippen molar-refractivity contribution in [3.8, 4) is 11.5 Å². The lowest BCUT2D eigenvalue weighted by atomic mass is 9.96. The largest absolute Gasteiger partial charge is 0.493 e. The topological polar surface area (TPSA) is 47.6 Å². The number of hydrogen-bond donors (Lipinski definition) is 1. The van der Waals surface area contributed by atoms with Crippen LogP contribution in [0.3, 0.4) is 0 Å². The highest BCUT2D eigenvalue weighted by atomic mass is 16.5. The number of hydrogen-bond acceptors (Lipinski definition) is 3. The predicted octanol–water partition coefficient (Wildman–Crippen LogP) is 4.27. The molecule has 0 aliphatic carbocycles. The van der Waals surface area contributed by atoms with Crippen LogP contribution in [0, 0.1) is 20.8 Å². The molecule has 0 saturated heterocycles. The number of carbonyl (C=O) groups is 1. The lowest BCUT2D eigenvalue weighted by Gasteiger charge is -2.21. The van der Waals surface area contributed by atoms with Crippen molar-refractivity contribution in [3.05, 3.63) is 58.7 Å². The first-order valence-electron chi connectivity index (χ1n) is 8.51. The predicted molar refractivity (Wildman–Crippen MR) is 100 cm³/mol. The second-order valence-corrected chi connectivity index (χ2v) is 6.43. The molecule has 0 aliphatic rings. The van der Waals surface area contributed by atoms with Crippen LogP contribution in [0.15, 0.2) is 36.4 Å². The summed E-state index contributed by atoms with van der Waals surface area (Å²) in [6.07, 6.45) is -0.620. The van der Waals surface area contributed by atoms with E-state index in [2.05, 4.69) is 38.2 Å². The number of para-hydroxylation sites is 2. The van der Waals surface area contributed by atoms with E-state index in [1.165, 1.54) is 16.7 Å². The van der Waals surface area contributed by atoms with Crippen molar-refractivity contribution >= 4 is 5.91 Å². The zero-order chi connectivity index (χ0) is 18.6. The summed E-state index contributed by atoms with van der Waals surface area (Å²) >= 11 is 0. The van der Waals surface area contributed by atoms with Gasteiger partial charge < -0.3 is 14.8 Å². The summed E-state index contributed by atoms with van der Waals surface area (Å²) in [4.78, 5) is 12.5. The van der Waals surface area contributed by atoms with Gasteiger partial charge in [0.1, 0.15) is 0 Å². The molecular weight excluding hydrogens is 314 g/mol. The molecule has 0 fully saturated rings. The number of methoxy groups -OCH3 is 1. The average molecular weight is 341 g/mol. The molecule has 4 nitrogen and oxygen atoms in total. The van der Waals surface area contributed by atoms with Crippen molar-refractivity contribution in [2.24, 2.45) is 0 Å². The quantitative estimate of drug-likeness (QED) is 0.854. The van der Waals surface area contributed by atoms with Gasteiger partial charge in [0.25, 0.3) is 5.91 Å². The van der Waals surface area contributed by atoms with Crippen LogP contribution in [0.25, 0.3) is 0 Å². The molecule has 0 bridgehead atoms. The minimum Gasteiger partial charge on any atom is -0.493 e. The second-order valence-electron chi connectivity index (χ2n) is 6.43. The molecule has 0 heterocycles. The maximum Gasteiger partial charge on any atom is 0.261 e. The molecule has 0 spiro atoms. The van der Waals surface area contributed by atoms with E-state index >= 15 is 0 Å². The van der Waals surface area contributed by atoms with Gasteiger partial charge in [-0.2, -0.15) is 0 Å². The Hall–Kier alpha value is -2.49. The Bertz CT molecular complexity index is 755. The zero-order valence-electron chi connectivity index (χ0n) is 15.8. The molecule has 0 unspecified atom stereocenters. The number of nitrogens with one attached hydrogen (secondary N) is 1. The van der Waals surface area contributed by atoms with Gasteiger partial charge in [-0.05, 0) is 69.0 Å². The highest BCUT2D eigenvalue weighted by Crippen LogP contribution is 2.27. The fourth-order valence-corrected chi connectivity index (χ4v) is 2.82. The second kappa shape index (κ2) is 8.06. The van der Waals surface area contributed by atoms with Gasteiger partial charge in [-0.15, -0.1) is 0 Å². The number of amides is 1. The molecule has 2 rings (SSSR count). The van der Waals surface area contributed by atoms with Crippen LogP contribution >= 0.6 is 0 Å². The molecule has 2 atom stereocenters. The number of rotatable bonds is 6. The molecule has 134 valence electrons. The van der Waals surface area contributed by atoms with Crippen molar-refractivity contribution in [1.82, 2.24) is 5.32 Å². The summed E-state index contributed by atoms with van der Waals surface area (Å²) in [5.41, 5.74) is 4.78. The Kier molecular flexibility index (Phi) is 6.07. The monoisotopic (exact) mass is 341 g/mol. The first-order valence-corrected chi connectivity index (χ1v) is 8.51. The van der Waals surface area contributed by atoms with E-state index in [1.807, 2.05) is 19.1 Å². The van der Waals surface area contributed by atoms with Crippen molar-refractivity contribution in [3.63, 3.8) is 0 Å². The van der Waals surface area contributed by atoms with Crippen LogP contribution in [-0.2, 0) is 4.79 Å². The first-order chi connectivity index (χ1) is 11.8. The van der Waals surface area contributed by atoms with Crippen molar-refractivity contribution in [2.45, 2.75) is 46.8 Å². The Labute approximate surface area is 150 Å². The Morgan fingerprint density at radius 1 is 0.960 bits per heavy atom. The summed E-state index contributed by atoms with van der Waals surface area (Å²) < 4.78 is 11.0. The lowest BCUT2D eigenvalue weighted by Crippen LogP contribution is -2.38. The van der Waals surface area contributed by atoms with E-state index in [4.69, 9.17) is 9.47 Å². The van der Waals surface area contributed by atoms with Crippen LogP contribution in [-0.4, -0.2) is 19.1 Å². The third-order valence-electron chi connectivity index (χ3n) is 4.45. The number of carbonyl (C=O) groups excluding carboxylic acids is 1. The van der Waals surface area contributed by atoms with Gasteiger partial charge in [0.2, 0.25) is 0 Å². The minimum atomic E-state index is -0.620. The Balaban J connectivity index is 2.07. The molecule has 0 aliphatic heterocycles. The highest BCUT2D eigenvalue weighted by Gasteiger charge is 2.20. The summed E-state index contributed by atoms with van der Waals surface area (Å²) in [5, 5.41) is 3.04. The van der Waals surface area contributed by atoms with Crippen LogP contribution in [0.5, 0.6) is 11.5 Å². The molecule has 2 aromatic rings. The van der Waals surface area contributed by atoms with Crippen molar-refractivity contribution in [1.29, 1.82) is 0 Å². The average Bonchev–Trinajstić information content (AvgIpc) is 2.58. The molecule has 2 aromatic carbocycles. The SMILES string of the molecule is COc1ccccc1O[C@H](C)C(=O)N[C@@H](C)c1cc(C)c(C)cc1C. The van der Waals surface area contributed by atoms with Gasteiger partial charge in [0.05, 0.1) is 13.2 Å². The van der Waals surface area contributed by atoms with Gasteiger partial charge in [0, 0.05) is 0 Å². The minimum absolute atomic E-state index is 0.0875. The lowest BCUT2D eigenvalue weighted by molar-refractivity contribution is -0.127. The number of aryl methyl sites for hydroxylation is 3. The van der Waals surface area contributed by atoms with E-state index in [0.29, 0.717) is 11.5 Å². The van der Waals surface area contributed by atoms with Gasteiger partial charge in [0.15, 0.2) is 17.6 Å². The van der Waals surface area contributed by atoms with E-state index < -0.39 is 6.10 Å². The maximum absolute atomic E-state index is 12.5. The van der Waals surface area contributed by atoms with E-state index in [0.717, 1.165) is 5.56 Å². The van der Waals surface area contributed by atoms with E-state index in [1.54, 1.807) is 26.2 Å². The third kappa shape index (κ3) is 4.53. The van der Waals surface area contributed by atoms with E-state index in [-0.39, 0.29) is 11.9 Å². The molecule has 4 heteroatoms. The molecule has 25 heavy (non-hydrogen) atoms. The molecule has 0 aromatic heterocycles. The van der Waals surface area contributed by atoms with Gasteiger partial charge in [-0.3, -0.25) is 4.79 Å². The van der Waals surface area contributed by atoms with Crippen LogP contribution in [0.1, 0.15) is 42.1 Å². The molecule has 1 amide bonds. The molecule has 0 saturated carbocycles. The van der Waals surface area contributed by atoms with Crippen LogP contribution in [0.2, 0.25) is 0 Å². The highest BCUT2D eigenvalue weighted by molar-refractivity contribution is 5.81. The fraction of sp³-hybridized carbons (Fsp3) is 0.381. The fourth-order valence-electron chi connectivity index (χ4n) is 2.82. The molecular formula is C21H27NO3. The molecule has 0 radical (unpaired) electrons. The van der Waals surface area contributed by atoms with E-state index in [9.17, 15) is 4.79 Å². The Morgan fingerprint density at radius 2 is 1.56 bits per heavy atom. The van der Waals surface area contributed by atoms with Gasteiger partial charge >= 0.3 is 0 Å². The number of ether oxygens (including phenoxy) is 2. The van der Waals surface area contributed by atoms with Crippen molar-refractivity contribution in [2.75, 3.05) is 7.11 Å².